The lowest BCUT2D eigenvalue weighted by Crippen LogP contribution is -2.48. The van der Waals surface area contributed by atoms with Crippen LogP contribution in [0.2, 0.25) is 0 Å². The minimum atomic E-state index is -0.648. The standard InChI is InChI=1S/C9H14N4O3/c10-12-8(14)6-4-1-2-5(3-4)7(6)9(15)13(11)16/h1-2,4-7,16H,3,10-11H2,(H,12,14). The summed E-state index contributed by atoms with van der Waals surface area (Å²) in [6, 6.07) is 0. The lowest BCUT2D eigenvalue weighted by atomic mass is 9.82. The number of nitrogens with one attached hydrogen (secondary N) is 1. The van der Waals surface area contributed by atoms with Gasteiger partial charge in [0.2, 0.25) is 5.91 Å². The topological polar surface area (TPSA) is 122 Å². The predicted molar refractivity (Wildman–Crippen MR) is 52.9 cm³/mol. The molecule has 0 aromatic carbocycles. The summed E-state index contributed by atoms with van der Waals surface area (Å²) < 4.78 is 0. The first-order chi connectivity index (χ1) is 7.56. The van der Waals surface area contributed by atoms with Crippen molar-refractivity contribution in [1.29, 1.82) is 0 Å². The molecule has 2 aliphatic rings. The molecule has 1 fully saturated rings. The van der Waals surface area contributed by atoms with E-state index in [0.717, 1.165) is 6.42 Å². The fraction of sp³-hybridized carbons (Fsp3) is 0.556. The number of rotatable bonds is 2. The summed E-state index contributed by atoms with van der Waals surface area (Å²) >= 11 is 0. The molecule has 2 bridgehead atoms. The molecule has 0 aliphatic heterocycles. The molecule has 2 amide bonds. The van der Waals surface area contributed by atoms with Gasteiger partial charge in [0.05, 0.1) is 11.8 Å². The van der Waals surface area contributed by atoms with E-state index in [2.05, 4.69) is 0 Å². The molecule has 0 aromatic heterocycles. The second-order valence-corrected chi connectivity index (χ2v) is 4.19. The largest absolute Gasteiger partial charge is 0.294 e. The van der Waals surface area contributed by atoms with E-state index < -0.39 is 23.7 Å². The molecule has 0 spiro atoms. The number of hydrazine groups is 2. The normalized spacial score (nSPS) is 35.2. The van der Waals surface area contributed by atoms with Crippen LogP contribution in [0.5, 0.6) is 0 Å². The Bertz CT molecular complexity index is 355. The van der Waals surface area contributed by atoms with Gasteiger partial charge in [-0.2, -0.15) is 5.17 Å². The molecule has 7 nitrogen and oxygen atoms in total. The first kappa shape index (κ1) is 11.1. The maximum Gasteiger partial charge on any atom is 0.265 e. The summed E-state index contributed by atoms with van der Waals surface area (Å²) in [4.78, 5) is 23.2. The lowest BCUT2D eigenvalue weighted by molar-refractivity contribution is -0.174. The highest BCUT2D eigenvalue weighted by Gasteiger charge is 2.52. The highest BCUT2D eigenvalue weighted by atomic mass is 16.5. The van der Waals surface area contributed by atoms with Gasteiger partial charge >= 0.3 is 0 Å². The van der Waals surface area contributed by atoms with Gasteiger partial charge in [0.25, 0.3) is 5.91 Å². The van der Waals surface area contributed by atoms with Crippen LogP contribution in [0.4, 0.5) is 0 Å². The van der Waals surface area contributed by atoms with Crippen molar-refractivity contribution in [1.82, 2.24) is 10.6 Å². The van der Waals surface area contributed by atoms with E-state index in [9.17, 15) is 9.59 Å². The maximum absolute atomic E-state index is 11.7. The first-order valence-corrected chi connectivity index (χ1v) is 5.02. The summed E-state index contributed by atoms with van der Waals surface area (Å²) in [7, 11) is 0. The van der Waals surface area contributed by atoms with Crippen molar-refractivity contribution in [2.24, 2.45) is 35.4 Å². The van der Waals surface area contributed by atoms with Crippen LogP contribution >= 0.6 is 0 Å². The SMILES string of the molecule is NNC(=O)C1C2C=CC(C2)C1C(=O)N(N)O. The molecule has 0 heterocycles. The Morgan fingerprint density at radius 1 is 1.31 bits per heavy atom. The van der Waals surface area contributed by atoms with E-state index in [-0.39, 0.29) is 17.0 Å². The maximum atomic E-state index is 11.7. The first-order valence-electron chi connectivity index (χ1n) is 5.02. The lowest BCUT2D eigenvalue weighted by Gasteiger charge is -2.26. The second kappa shape index (κ2) is 3.85. The van der Waals surface area contributed by atoms with Crippen molar-refractivity contribution in [2.45, 2.75) is 6.42 Å². The monoisotopic (exact) mass is 226 g/mol. The Kier molecular flexibility index (Phi) is 2.66. The smallest absolute Gasteiger partial charge is 0.265 e. The summed E-state index contributed by atoms with van der Waals surface area (Å²) in [6.45, 7) is 0. The van der Waals surface area contributed by atoms with Gasteiger partial charge in [-0.1, -0.05) is 12.2 Å². The van der Waals surface area contributed by atoms with Crippen LogP contribution in [0.25, 0.3) is 0 Å². The van der Waals surface area contributed by atoms with Crippen LogP contribution in [0.1, 0.15) is 6.42 Å². The Morgan fingerprint density at radius 3 is 2.38 bits per heavy atom. The van der Waals surface area contributed by atoms with E-state index in [0.29, 0.717) is 0 Å². The van der Waals surface area contributed by atoms with Gasteiger partial charge in [0.1, 0.15) is 0 Å². The number of hydroxylamine groups is 1. The number of amides is 2. The van der Waals surface area contributed by atoms with Gasteiger partial charge < -0.3 is 0 Å². The molecule has 1 saturated carbocycles. The van der Waals surface area contributed by atoms with Crippen molar-refractivity contribution in [2.75, 3.05) is 0 Å². The summed E-state index contributed by atoms with van der Waals surface area (Å²) in [6.07, 6.45) is 4.52. The van der Waals surface area contributed by atoms with Crippen molar-refractivity contribution in [3.05, 3.63) is 12.2 Å². The summed E-state index contributed by atoms with van der Waals surface area (Å²) in [5.74, 6) is 7.85. The number of allylic oxidation sites excluding steroid dienone is 2. The molecule has 88 valence electrons. The molecule has 2 aliphatic carbocycles. The average molecular weight is 226 g/mol. The number of hydrogen-bond acceptors (Lipinski definition) is 5. The van der Waals surface area contributed by atoms with Crippen LogP contribution in [0.15, 0.2) is 12.2 Å². The zero-order valence-electron chi connectivity index (χ0n) is 8.54. The molecule has 0 saturated heterocycles. The molecular formula is C9H14N4O3. The molecule has 0 radical (unpaired) electrons. The van der Waals surface area contributed by atoms with Crippen molar-refractivity contribution in [3.63, 3.8) is 0 Å². The zero-order valence-corrected chi connectivity index (χ0v) is 8.54. The van der Waals surface area contributed by atoms with Gasteiger partial charge in [0.15, 0.2) is 0 Å². The third-order valence-corrected chi connectivity index (χ3v) is 3.42. The Hall–Kier alpha value is -1.44. The van der Waals surface area contributed by atoms with E-state index in [1.807, 2.05) is 17.6 Å². The molecule has 7 heteroatoms. The molecule has 2 rings (SSSR count). The van der Waals surface area contributed by atoms with Gasteiger partial charge in [0, 0.05) is 0 Å². The van der Waals surface area contributed by atoms with E-state index in [1.54, 1.807) is 0 Å². The number of fused-ring (bicyclic) bond motifs is 2. The Morgan fingerprint density at radius 2 is 1.88 bits per heavy atom. The number of hydrogen-bond donors (Lipinski definition) is 4. The van der Waals surface area contributed by atoms with Gasteiger partial charge in [-0.15, -0.1) is 0 Å². The third kappa shape index (κ3) is 1.49. The Labute approximate surface area is 92.0 Å². The molecule has 16 heavy (non-hydrogen) atoms. The number of carbonyl (C=O) groups is 2. The minimum Gasteiger partial charge on any atom is -0.294 e. The number of carbonyl (C=O) groups excluding carboxylic acids is 2. The van der Waals surface area contributed by atoms with E-state index in [4.69, 9.17) is 16.9 Å². The second-order valence-electron chi connectivity index (χ2n) is 4.19. The minimum absolute atomic E-state index is 0.00227. The molecule has 6 N–H and O–H groups in total. The summed E-state index contributed by atoms with van der Waals surface area (Å²) in [5.41, 5.74) is 2.05. The number of nitrogens with two attached hydrogens (primary N) is 2. The van der Waals surface area contributed by atoms with Crippen molar-refractivity contribution in [3.8, 4) is 0 Å². The third-order valence-electron chi connectivity index (χ3n) is 3.42. The fourth-order valence-electron chi connectivity index (χ4n) is 2.77. The fourth-order valence-corrected chi connectivity index (χ4v) is 2.77. The molecular weight excluding hydrogens is 212 g/mol. The van der Waals surface area contributed by atoms with Gasteiger partial charge in [-0.3, -0.25) is 20.2 Å². The van der Waals surface area contributed by atoms with Crippen LogP contribution in [0.3, 0.4) is 0 Å². The summed E-state index contributed by atoms with van der Waals surface area (Å²) in [5, 5.41) is 9.01. The quantitative estimate of drug-likeness (QED) is 0.150. The van der Waals surface area contributed by atoms with Crippen LogP contribution in [0, 0.1) is 23.7 Å². The average Bonchev–Trinajstić information content (AvgIpc) is 2.86. The van der Waals surface area contributed by atoms with Gasteiger partial charge in [-0.05, 0) is 18.3 Å². The highest BCUT2D eigenvalue weighted by Crippen LogP contribution is 2.48. The van der Waals surface area contributed by atoms with Gasteiger partial charge in [-0.25, -0.2) is 11.7 Å². The molecule has 4 atom stereocenters. The molecule has 4 unspecified atom stereocenters. The molecule has 0 aromatic rings. The van der Waals surface area contributed by atoms with Crippen LogP contribution in [-0.2, 0) is 9.59 Å². The van der Waals surface area contributed by atoms with E-state index >= 15 is 0 Å². The number of nitrogens with zero attached hydrogens (tertiary/aromatic N) is 1. The van der Waals surface area contributed by atoms with Crippen molar-refractivity contribution >= 4 is 11.8 Å². The zero-order chi connectivity index (χ0) is 11.9. The van der Waals surface area contributed by atoms with E-state index in [1.165, 1.54) is 0 Å². The van der Waals surface area contributed by atoms with Crippen LogP contribution < -0.4 is 17.1 Å². The predicted octanol–water partition coefficient (Wildman–Crippen LogP) is -1.49. The van der Waals surface area contributed by atoms with Crippen molar-refractivity contribution < 1.29 is 14.8 Å². The Balaban J connectivity index is 2.25. The highest BCUT2D eigenvalue weighted by molar-refractivity contribution is 5.88. The van der Waals surface area contributed by atoms with Crippen LogP contribution in [-0.4, -0.2) is 22.2 Å².